The Labute approximate surface area is 149 Å². The number of fused-ring (bicyclic) bond motifs is 1. The number of rotatable bonds is 3. The number of ether oxygens (including phenoxy) is 1. The molecule has 3 nitrogen and oxygen atoms in total. The van der Waals surface area contributed by atoms with Gasteiger partial charge in [0.05, 0.1) is 6.10 Å². The summed E-state index contributed by atoms with van der Waals surface area (Å²) in [5.74, 6) is 0.845. The number of carbonyl (C=O) groups is 1. The van der Waals surface area contributed by atoms with Gasteiger partial charge in [-0.1, -0.05) is 28.1 Å². The first kappa shape index (κ1) is 15.5. The first-order valence-corrected chi connectivity index (χ1v) is 9.08. The van der Waals surface area contributed by atoms with E-state index in [2.05, 4.69) is 21.2 Å². The number of amides is 1. The Morgan fingerprint density at radius 1 is 1.08 bits per heavy atom. The molecule has 1 heterocycles. The Hall–Kier alpha value is -2.07. The van der Waals surface area contributed by atoms with Crippen molar-refractivity contribution in [3.8, 4) is 5.75 Å². The van der Waals surface area contributed by atoms with E-state index in [1.807, 2.05) is 48.5 Å². The third-order valence-corrected chi connectivity index (χ3v) is 5.05. The van der Waals surface area contributed by atoms with E-state index >= 15 is 0 Å². The van der Waals surface area contributed by atoms with Crippen molar-refractivity contribution in [1.29, 1.82) is 0 Å². The molecule has 4 rings (SSSR count). The molecule has 24 heavy (non-hydrogen) atoms. The molecule has 2 aliphatic rings. The van der Waals surface area contributed by atoms with E-state index in [0.717, 1.165) is 39.9 Å². The van der Waals surface area contributed by atoms with Crippen LogP contribution in [0.1, 0.15) is 36.8 Å². The van der Waals surface area contributed by atoms with Gasteiger partial charge in [-0.15, -0.1) is 0 Å². The normalized spacial score (nSPS) is 18.7. The third-order valence-electron chi connectivity index (χ3n) is 4.56. The Morgan fingerprint density at radius 2 is 1.83 bits per heavy atom. The molecule has 1 aliphatic carbocycles. The Kier molecular flexibility index (Phi) is 4.15. The van der Waals surface area contributed by atoms with Crippen molar-refractivity contribution in [2.45, 2.75) is 31.8 Å². The van der Waals surface area contributed by atoms with E-state index in [1.54, 1.807) is 0 Å². The summed E-state index contributed by atoms with van der Waals surface area (Å²) in [6, 6.07) is 13.8. The SMILES string of the molecule is O=C1Nc2ccc(Br)cc2/C1=C/c1ccc(OC2CCCC2)cc1. The highest BCUT2D eigenvalue weighted by Crippen LogP contribution is 2.35. The fourth-order valence-corrected chi connectivity index (χ4v) is 3.67. The minimum absolute atomic E-state index is 0.0608. The average molecular weight is 384 g/mol. The topological polar surface area (TPSA) is 38.3 Å². The molecule has 0 spiro atoms. The summed E-state index contributed by atoms with van der Waals surface area (Å²) in [5.41, 5.74) is 3.47. The standard InChI is InChI=1S/C20H18BrNO2/c21-14-7-10-19-17(12-14)18(20(23)22-19)11-13-5-8-16(9-6-13)24-15-3-1-2-4-15/h5-12,15H,1-4H2,(H,22,23)/b18-11-. The maximum Gasteiger partial charge on any atom is 0.256 e. The molecule has 1 aliphatic heterocycles. The molecule has 1 amide bonds. The van der Waals surface area contributed by atoms with E-state index in [4.69, 9.17) is 4.74 Å². The van der Waals surface area contributed by atoms with E-state index < -0.39 is 0 Å². The lowest BCUT2D eigenvalue weighted by Gasteiger charge is -2.12. The summed E-state index contributed by atoms with van der Waals surface area (Å²) >= 11 is 3.47. The number of hydrogen-bond acceptors (Lipinski definition) is 2. The van der Waals surface area contributed by atoms with Crippen LogP contribution in [0.2, 0.25) is 0 Å². The summed E-state index contributed by atoms with van der Waals surface area (Å²) in [7, 11) is 0. The van der Waals surface area contributed by atoms with Crippen molar-refractivity contribution in [2.75, 3.05) is 5.32 Å². The molecule has 0 saturated heterocycles. The summed E-state index contributed by atoms with van der Waals surface area (Å²) < 4.78 is 6.95. The Balaban J connectivity index is 1.57. The van der Waals surface area contributed by atoms with Gasteiger partial charge in [0.1, 0.15) is 5.75 Å². The maximum absolute atomic E-state index is 12.2. The average Bonchev–Trinajstić information content (AvgIpc) is 3.18. The Bertz CT molecular complexity index is 805. The smallest absolute Gasteiger partial charge is 0.256 e. The van der Waals surface area contributed by atoms with Gasteiger partial charge in [-0.2, -0.15) is 0 Å². The lowest BCUT2D eigenvalue weighted by atomic mass is 10.0. The molecule has 2 aromatic carbocycles. The van der Waals surface area contributed by atoms with Crippen molar-refractivity contribution < 1.29 is 9.53 Å². The molecule has 0 bridgehead atoms. The van der Waals surface area contributed by atoms with Crippen LogP contribution in [-0.2, 0) is 4.79 Å². The number of nitrogens with one attached hydrogen (secondary N) is 1. The van der Waals surface area contributed by atoms with Crippen molar-refractivity contribution in [1.82, 2.24) is 0 Å². The second-order valence-corrected chi connectivity index (χ2v) is 7.21. The number of halogens is 1. The van der Waals surface area contributed by atoms with Crippen molar-refractivity contribution in [3.05, 3.63) is 58.1 Å². The van der Waals surface area contributed by atoms with Crippen molar-refractivity contribution >= 4 is 39.2 Å². The fourth-order valence-electron chi connectivity index (χ4n) is 3.31. The van der Waals surface area contributed by atoms with Gasteiger partial charge < -0.3 is 10.1 Å². The predicted octanol–water partition coefficient (Wildman–Crippen LogP) is 5.26. The maximum atomic E-state index is 12.2. The number of carbonyl (C=O) groups excluding carboxylic acids is 1. The molecule has 1 N–H and O–H groups in total. The molecule has 0 aromatic heterocycles. The number of benzene rings is 2. The first-order chi connectivity index (χ1) is 11.7. The van der Waals surface area contributed by atoms with Gasteiger partial charge in [-0.05, 0) is 67.7 Å². The molecular formula is C20H18BrNO2. The van der Waals surface area contributed by atoms with Crippen LogP contribution in [-0.4, -0.2) is 12.0 Å². The van der Waals surface area contributed by atoms with E-state index in [1.165, 1.54) is 12.8 Å². The van der Waals surface area contributed by atoms with Crippen LogP contribution in [0.3, 0.4) is 0 Å². The zero-order chi connectivity index (χ0) is 16.5. The molecule has 1 saturated carbocycles. The zero-order valence-corrected chi connectivity index (χ0v) is 14.8. The fraction of sp³-hybridized carbons (Fsp3) is 0.250. The van der Waals surface area contributed by atoms with Gasteiger partial charge >= 0.3 is 0 Å². The minimum atomic E-state index is -0.0608. The molecular weight excluding hydrogens is 366 g/mol. The summed E-state index contributed by atoms with van der Waals surface area (Å²) in [4.78, 5) is 12.2. The van der Waals surface area contributed by atoms with Crippen LogP contribution < -0.4 is 10.1 Å². The predicted molar refractivity (Wildman–Crippen MR) is 100.0 cm³/mol. The van der Waals surface area contributed by atoms with E-state index in [0.29, 0.717) is 11.7 Å². The van der Waals surface area contributed by atoms with Crippen LogP contribution in [0, 0.1) is 0 Å². The second kappa shape index (κ2) is 6.44. The van der Waals surface area contributed by atoms with E-state index in [-0.39, 0.29) is 5.91 Å². The van der Waals surface area contributed by atoms with Gasteiger partial charge in [0.15, 0.2) is 0 Å². The number of hydrogen-bond donors (Lipinski definition) is 1. The van der Waals surface area contributed by atoms with Crippen LogP contribution >= 0.6 is 15.9 Å². The molecule has 0 radical (unpaired) electrons. The lowest BCUT2D eigenvalue weighted by Crippen LogP contribution is -2.10. The second-order valence-electron chi connectivity index (χ2n) is 6.30. The lowest BCUT2D eigenvalue weighted by molar-refractivity contribution is -0.110. The summed E-state index contributed by atoms with van der Waals surface area (Å²) in [6.07, 6.45) is 7.11. The molecule has 0 atom stereocenters. The molecule has 122 valence electrons. The summed E-state index contributed by atoms with van der Waals surface area (Å²) in [5, 5.41) is 2.90. The van der Waals surface area contributed by atoms with Gasteiger partial charge in [0.25, 0.3) is 5.91 Å². The van der Waals surface area contributed by atoms with Gasteiger partial charge in [-0.25, -0.2) is 0 Å². The van der Waals surface area contributed by atoms with Crippen LogP contribution in [0.5, 0.6) is 5.75 Å². The minimum Gasteiger partial charge on any atom is -0.490 e. The molecule has 0 unspecified atom stereocenters. The van der Waals surface area contributed by atoms with Crippen LogP contribution in [0.25, 0.3) is 11.6 Å². The zero-order valence-electron chi connectivity index (χ0n) is 13.2. The first-order valence-electron chi connectivity index (χ1n) is 8.29. The summed E-state index contributed by atoms with van der Waals surface area (Å²) in [6.45, 7) is 0. The van der Waals surface area contributed by atoms with Gasteiger partial charge in [-0.3, -0.25) is 4.79 Å². The van der Waals surface area contributed by atoms with Crippen LogP contribution in [0.15, 0.2) is 46.9 Å². The Morgan fingerprint density at radius 3 is 2.58 bits per heavy atom. The molecule has 4 heteroatoms. The van der Waals surface area contributed by atoms with Crippen LogP contribution in [0.4, 0.5) is 5.69 Å². The molecule has 2 aromatic rings. The third kappa shape index (κ3) is 3.11. The van der Waals surface area contributed by atoms with Crippen molar-refractivity contribution in [3.63, 3.8) is 0 Å². The highest BCUT2D eigenvalue weighted by Gasteiger charge is 2.24. The quantitative estimate of drug-likeness (QED) is 0.733. The van der Waals surface area contributed by atoms with Crippen molar-refractivity contribution in [2.24, 2.45) is 0 Å². The monoisotopic (exact) mass is 383 g/mol. The molecule has 1 fully saturated rings. The largest absolute Gasteiger partial charge is 0.490 e. The van der Waals surface area contributed by atoms with Gasteiger partial charge in [0, 0.05) is 21.3 Å². The van der Waals surface area contributed by atoms with E-state index in [9.17, 15) is 4.79 Å². The highest BCUT2D eigenvalue weighted by molar-refractivity contribution is 9.10. The van der Waals surface area contributed by atoms with Gasteiger partial charge in [0.2, 0.25) is 0 Å². The number of anilines is 1. The highest BCUT2D eigenvalue weighted by atomic mass is 79.9.